The summed E-state index contributed by atoms with van der Waals surface area (Å²) in [6, 6.07) is 40.0. The molecular weight excluding hydrogens is 649 g/mol. The quantitative estimate of drug-likeness (QED) is 0.168. The minimum Gasteiger partial charge on any atom is -0.355 e. The van der Waals surface area contributed by atoms with Crippen molar-refractivity contribution in [2.45, 2.75) is 33.1 Å². The van der Waals surface area contributed by atoms with Crippen molar-refractivity contribution in [3.63, 3.8) is 0 Å². The lowest BCUT2D eigenvalue weighted by atomic mass is 10.0. The third-order valence-corrected chi connectivity index (χ3v) is 11.2. The number of fused-ring (bicyclic) bond motifs is 4. The van der Waals surface area contributed by atoms with E-state index in [1.165, 1.54) is 59.1 Å². The molecule has 52 heavy (non-hydrogen) atoms. The van der Waals surface area contributed by atoms with Gasteiger partial charge in [-0.2, -0.15) is 0 Å². The number of anilines is 2. The molecule has 2 heterocycles. The second-order valence-corrected chi connectivity index (χ2v) is 14.4. The van der Waals surface area contributed by atoms with Crippen LogP contribution in [0.15, 0.2) is 176 Å². The van der Waals surface area contributed by atoms with Gasteiger partial charge in [0.15, 0.2) is 0 Å². The van der Waals surface area contributed by atoms with Gasteiger partial charge < -0.3 is 9.88 Å². The van der Waals surface area contributed by atoms with Crippen LogP contribution in [0.2, 0.25) is 0 Å². The molecule has 0 unspecified atom stereocenters. The summed E-state index contributed by atoms with van der Waals surface area (Å²) in [4.78, 5) is 7.26. The molecule has 0 saturated heterocycles. The molecule has 0 radical (unpaired) electrons. The van der Waals surface area contributed by atoms with Crippen molar-refractivity contribution < 1.29 is 0 Å². The van der Waals surface area contributed by atoms with Crippen molar-refractivity contribution in [3.8, 4) is 22.3 Å². The topological polar surface area (TPSA) is 19.0 Å². The van der Waals surface area contributed by atoms with E-state index in [1.54, 1.807) is 0 Å². The second kappa shape index (κ2) is 14.8. The predicted octanol–water partition coefficient (Wildman–Crippen LogP) is 14.6. The number of nitrogens with zero attached hydrogens (tertiary/aromatic N) is 1. The number of aromatic nitrogens is 1. The number of hydrogen-bond acceptors (Lipinski definition) is 2. The molecule has 7 aromatic rings. The molecule has 3 heteroatoms. The van der Waals surface area contributed by atoms with Gasteiger partial charge in [0.2, 0.25) is 0 Å². The van der Waals surface area contributed by atoms with Crippen LogP contribution in [0, 0.1) is 6.92 Å². The maximum absolute atomic E-state index is 4.25. The van der Waals surface area contributed by atoms with Gasteiger partial charge in [0, 0.05) is 48.5 Å². The molecule has 8 rings (SSSR count). The fraction of sp³-hybridized carbons (Fsp3) is 0.102. The first-order valence-electron chi connectivity index (χ1n) is 18.2. The summed E-state index contributed by atoms with van der Waals surface area (Å²) in [5.41, 5.74) is 12.8. The highest BCUT2D eigenvalue weighted by molar-refractivity contribution is 7.20. The Morgan fingerprint density at radius 2 is 1.46 bits per heavy atom. The molecule has 0 spiro atoms. The number of benzene rings is 5. The molecule has 5 aromatic carbocycles. The van der Waals surface area contributed by atoms with E-state index >= 15 is 0 Å². The fourth-order valence-electron chi connectivity index (χ4n) is 7.08. The Bertz CT molecular complexity index is 2560. The number of rotatable bonds is 8. The van der Waals surface area contributed by atoms with Crippen molar-refractivity contribution in [2.75, 3.05) is 4.90 Å². The Morgan fingerprint density at radius 1 is 0.731 bits per heavy atom. The number of aryl methyl sites for hydroxylation is 1. The number of para-hydroxylation sites is 1. The van der Waals surface area contributed by atoms with E-state index in [2.05, 4.69) is 188 Å². The lowest BCUT2D eigenvalue weighted by molar-refractivity contribution is 0.962. The summed E-state index contributed by atoms with van der Waals surface area (Å²) in [6.07, 6.45) is 22.6. The summed E-state index contributed by atoms with van der Waals surface area (Å²) < 4.78 is 1.35. The largest absolute Gasteiger partial charge is 0.355 e. The molecule has 2 aromatic heterocycles. The molecule has 0 atom stereocenters. The van der Waals surface area contributed by atoms with Crippen molar-refractivity contribution in [3.05, 3.63) is 186 Å². The number of H-pyrrole nitrogens is 1. The smallest absolute Gasteiger partial charge is 0.0465 e. The van der Waals surface area contributed by atoms with Gasteiger partial charge in [-0.05, 0) is 113 Å². The van der Waals surface area contributed by atoms with Crippen LogP contribution < -0.4 is 4.90 Å². The summed E-state index contributed by atoms with van der Waals surface area (Å²) in [5.74, 6) is 0. The van der Waals surface area contributed by atoms with Crippen LogP contribution in [-0.4, -0.2) is 4.98 Å². The van der Waals surface area contributed by atoms with Crippen molar-refractivity contribution in [2.24, 2.45) is 0 Å². The van der Waals surface area contributed by atoms with Crippen LogP contribution in [0.5, 0.6) is 0 Å². The molecule has 2 nitrogen and oxygen atoms in total. The SMILES string of the molecule is C=C1/C=C\C=C/C/C=C(N(c2ccc(-c3ccc4[nH]c5ccccc5c4c3)cc2)c2ccc(-c3cccc4c(C)c(C=CCCC)sc34)cc2)\C=C/1. The van der Waals surface area contributed by atoms with Crippen molar-refractivity contribution >= 4 is 60.7 Å². The molecule has 0 saturated carbocycles. The average Bonchev–Trinajstić information content (AvgIpc) is 3.72. The van der Waals surface area contributed by atoms with Crippen LogP contribution in [0.4, 0.5) is 11.4 Å². The van der Waals surface area contributed by atoms with Crippen molar-refractivity contribution in [1.82, 2.24) is 4.98 Å². The zero-order chi connectivity index (χ0) is 35.4. The first-order valence-corrected chi connectivity index (χ1v) is 19.0. The molecule has 0 bridgehead atoms. The Kier molecular flexibility index (Phi) is 9.44. The van der Waals surface area contributed by atoms with Gasteiger partial charge in [-0.15, -0.1) is 11.3 Å². The maximum Gasteiger partial charge on any atom is 0.0465 e. The van der Waals surface area contributed by atoms with Gasteiger partial charge in [0.1, 0.15) is 0 Å². The van der Waals surface area contributed by atoms with E-state index < -0.39 is 0 Å². The molecule has 1 N–H and O–H groups in total. The number of allylic oxidation sites excluding steroid dienone is 9. The first-order chi connectivity index (χ1) is 25.6. The lowest BCUT2D eigenvalue weighted by Gasteiger charge is -2.27. The first kappa shape index (κ1) is 33.3. The van der Waals surface area contributed by atoms with E-state index in [0.29, 0.717) is 0 Å². The van der Waals surface area contributed by atoms with Gasteiger partial charge in [-0.25, -0.2) is 0 Å². The Hall–Kier alpha value is -5.90. The third kappa shape index (κ3) is 6.64. The lowest BCUT2D eigenvalue weighted by Crippen LogP contribution is -2.15. The number of thiophene rings is 1. The Labute approximate surface area is 310 Å². The summed E-state index contributed by atoms with van der Waals surface area (Å²) in [7, 11) is 0. The molecule has 1 aliphatic carbocycles. The van der Waals surface area contributed by atoms with Gasteiger partial charge >= 0.3 is 0 Å². The minimum absolute atomic E-state index is 0.822. The van der Waals surface area contributed by atoms with Gasteiger partial charge in [0.05, 0.1) is 0 Å². The standard InChI is InChI=1S/C49H42N2S/c1-4-5-8-20-48-35(3)42-17-13-18-43(49(42)52-48)37-24-30-41(31-25-37)51(39-15-10-7-6-9-14-34(2)21-27-39)40-28-22-36(23-29-40)38-26-32-47-45(33-38)44-16-11-12-19-46(44)50-47/h6-9,11-33,50H,2,4-5,10H2,1,3H3/b7-6-,14-9-,20-8?,27-21-,39-15+. The number of hydrogen-bond donors (Lipinski definition) is 1. The average molecular weight is 691 g/mol. The highest BCUT2D eigenvalue weighted by Gasteiger charge is 2.16. The molecule has 254 valence electrons. The molecule has 0 aliphatic heterocycles. The van der Waals surface area contributed by atoms with Gasteiger partial charge in [-0.1, -0.05) is 129 Å². The fourth-order valence-corrected chi connectivity index (χ4v) is 8.35. The van der Waals surface area contributed by atoms with E-state index in [0.717, 1.165) is 47.4 Å². The summed E-state index contributed by atoms with van der Waals surface area (Å²) in [6.45, 7) is 8.73. The molecular formula is C49H42N2S. The third-order valence-electron chi connectivity index (χ3n) is 9.87. The van der Waals surface area contributed by atoms with Crippen LogP contribution in [-0.2, 0) is 0 Å². The number of aromatic amines is 1. The highest BCUT2D eigenvalue weighted by Crippen LogP contribution is 2.40. The van der Waals surface area contributed by atoms with E-state index in [9.17, 15) is 0 Å². The summed E-state index contributed by atoms with van der Waals surface area (Å²) in [5, 5.41) is 3.84. The second-order valence-electron chi connectivity index (χ2n) is 13.4. The van der Waals surface area contributed by atoms with Crippen LogP contribution in [0.1, 0.15) is 36.6 Å². The van der Waals surface area contributed by atoms with E-state index in [1.807, 2.05) is 17.4 Å². The summed E-state index contributed by atoms with van der Waals surface area (Å²) >= 11 is 1.90. The monoisotopic (exact) mass is 690 g/mol. The number of nitrogens with one attached hydrogen (secondary N) is 1. The van der Waals surface area contributed by atoms with Gasteiger partial charge in [0.25, 0.3) is 0 Å². The van der Waals surface area contributed by atoms with Crippen LogP contribution in [0.3, 0.4) is 0 Å². The number of unbranched alkanes of at least 4 members (excludes halogenated alkanes) is 1. The molecule has 1 aliphatic rings. The zero-order valence-electron chi connectivity index (χ0n) is 29.8. The van der Waals surface area contributed by atoms with E-state index in [-0.39, 0.29) is 0 Å². The highest BCUT2D eigenvalue weighted by atomic mass is 32.1. The Morgan fingerprint density at radius 3 is 2.27 bits per heavy atom. The van der Waals surface area contributed by atoms with Crippen LogP contribution >= 0.6 is 11.3 Å². The zero-order valence-corrected chi connectivity index (χ0v) is 30.6. The molecule has 0 amide bonds. The maximum atomic E-state index is 4.25. The predicted molar refractivity (Wildman–Crippen MR) is 229 cm³/mol. The van der Waals surface area contributed by atoms with Crippen LogP contribution in [0.25, 0.3) is 60.2 Å². The Balaban J connectivity index is 1.17. The van der Waals surface area contributed by atoms with Gasteiger partial charge in [-0.3, -0.25) is 0 Å². The van der Waals surface area contributed by atoms with Crippen molar-refractivity contribution in [1.29, 1.82) is 0 Å². The molecule has 0 fully saturated rings. The van der Waals surface area contributed by atoms with E-state index in [4.69, 9.17) is 0 Å². The minimum atomic E-state index is 0.822. The normalized spacial score (nSPS) is 16.3.